The van der Waals surface area contributed by atoms with Crippen molar-refractivity contribution in [1.82, 2.24) is 14.7 Å². The van der Waals surface area contributed by atoms with Crippen LogP contribution in [0.25, 0.3) is 5.65 Å². The molecule has 0 aliphatic rings. The predicted molar refractivity (Wildman–Crippen MR) is 87.8 cm³/mol. The van der Waals surface area contributed by atoms with Crippen molar-refractivity contribution in [2.75, 3.05) is 6.54 Å². The molecule has 4 heteroatoms. The van der Waals surface area contributed by atoms with Crippen LogP contribution in [0.3, 0.4) is 0 Å². The van der Waals surface area contributed by atoms with Gasteiger partial charge in [0.1, 0.15) is 5.65 Å². The summed E-state index contributed by atoms with van der Waals surface area (Å²) in [5, 5.41) is 13.4. The first-order valence-electron chi connectivity index (χ1n) is 7.58. The van der Waals surface area contributed by atoms with Crippen LogP contribution in [0.5, 0.6) is 0 Å². The molecule has 3 rings (SSSR count). The minimum Gasteiger partial charge on any atom is -0.391 e. The lowest BCUT2D eigenvalue weighted by Crippen LogP contribution is -2.28. The standard InChI is InChI=1S/C18H21N3O/c1-14-6-5-9-21-16(12-20-18(14)21)11-19-13-17(22)10-15-7-3-2-4-8-15/h2-9,12,17,19,22H,10-11,13H2,1H3. The first kappa shape index (κ1) is 14.8. The van der Waals surface area contributed by atoms with Crippen molar-refractivity contribution in [2.45, 2.75) is 26.0 Å². The number of imidazole rings is 1. The average Bonchev–Trinajstić information content (AvgIpc) is 2.93. The van der Waals surface area contributed by atoms with E-state index in [2.05, 4.69) is 27.7 Å². The number of nitrogens with zero attached hydrogens (tertiary/aromatic N) is 2. The molecule has 2 N–H and O–H groups in total. The maximum absolute atomic E-state index is 10.1. The molecule has 0 amide bonds. The van der Waals surface area contributed by atoms with Crippen LogP contribution in [0.1, 0.15) is 16.8 Å². The summed E-state index contributed by atoms with van der Waals surface area (Å²) in [7, 11) is 0. The summed E-state index contributed by atoms with van der Waals surface area (Å²) >= 11 is 0. The van der Waals surface area contributed by atoms with Gasteiger partial charge in [0.05, 0.1) is 18.0 Å². The highest BCUT2D eigenvalue weighted by Gasteiger charge is 2.07. The second-order valence-electron chi connectivity index (χ2n) is 5.61. The van der Waals surface area contributed by atoms with E-state index < -0.39 is 0 Å². The molecule has 1 aromatic carbocycles. The molecule has 0 fully saturated rings. The maximum Gasteiger partial charge on any atom is 0.139 e. The van der Waals surface area contributed by atoms with Crippen molar-refractivity contribution in [3.8, 4) is 0 Å². The molecule has 1 unspecified atom stereocenters. The smallest absolute Gasteiger partial charge is 0.139 e. The number of aromatic nitrogens is 2. The number of benzene rings is 1. The van der Waals surface area contributed by atoms with Gasteiger partial charge in [-0.3, -0.25) is 0 Å². The van der Waals surface area contributed by atoms with Gasteiger partial charge in [0.25, 0.3) is 0 Å². The highest BCUT2D eigenvalue weighted by molar-refractivity contribution is 5.48. The van der Waals surface area contributed by atoms with Crippen molar-refractivity contribution >= 4 is 5.65 Å². The van der Waals surface area contributed by atoms with Crippen molar-refractivity contribution in [3.05, 3.63) is 71.7 Å². The molecular weight excluding hydrogens is 274 g/mol. The molecule has 0 aliphatic heterocycles. The number of hydrogen-bond donors (Lipinski definition) is 2. The molecule has 0 spiro atoms. The van der Waals surface area contributed by atoms with Crippen LogP contribution in [-0.4, -0.2) is 27.1 Å². The molecular formula is C18H21N3O. The molecule has 1 atom stereocenters. The van der Waals surface area contributed by atoms with Crippen LogP contribution >= 0.6 is 0 Å². The van der Waals surface area contributed by atoms with E-state index in [1.807, 2.05) is 48.8 Å². The van der Waals surface area contributed by atoms with Gasteiger partial charge in [-0.2, -0.15) is 0 Å². The Labute approximate surface area is 130 Å². The summed E-state index contributed by atoms with van der Waals surface area (Å²) in [6.45, 7) is 3.31. The van der Waals surface area contributed by atoms with Crippen molar-refractivity contribution in [2.24, 2.45) is 0 Å². The molecule has 0 bridgehead atoms. The highest BCUT2D eigenvalue weighted by Crippen LogP contribution is 2.10. The molecule has 0 radical (unpaired) electrons. The Kier molecular flexibility index (Phi) is 4.51. The first-order chi connectivity index (χ1) is 10.7. The summed E-state index contributed by atoms with van der Waals surface area (Å²) in [5.41, 5.74) is 4.41. The minimum absolute atomic E-state index is 0.386. The van der Waals surface area contributed by atoms with Gasteiger partial charge in [-0.15, -0.1) is 0 Å². The van der Waals surface area contributed by atoms with Gasteiger partial charge in [-0.05, 0) is 30.5 Å². The fraction of sp³-hybridized carbons (Fsp3) is 0.278. The van der Waals surface area contributed by atoms with E-state index in [1.165, 1.54) is 0 Å². The van der Waals surface area contributed by atoms with Gasteiger partial charge in [-0.25, -0.2) is 4.98 Å². The number of aliphatic hydroxyl groups is 1. The summed E-state index contributed by atoms with van der Waals surface area (Å²) in [6, 6.07) is 14.1. The number of aliphatic hydroxyl groups excluding tert-OH is 1. The third-order valence-corrected chi connectivity index (χ3v) is 3.81. The van der Waals surface area contributed by atoms with Crippen LogP contribution in [-0.2, 0) is 13.0 Å². The molecule has 3 aromatic rings. The third kappa shape index (κ3) is 3.35. The Morgan fingerprint density at radius 1 is 1.18 bits per heavy atom. The predicted octanol–water partition coefficient (Wildman–Crippen LogP) is 2.34. The van der Waals surface area contributed by atoms with E-state index in [0.29, 0.717) is 19.5 Å². The SMILES string of the molecule is Cc1cccn2c(CNCC(O)Cc3ccccc3)cnc12. The highest BCUT2D eigenvalue weighted by atomic mass is 16.3. The average molecular weight is 295 g/mol. The van der Waals surface area contributed by atoms with Gasteiger partial charge in [0.15, 0.2) is 0 Å². The Hall–Kier alpha value is -2.17. The number of rotatable bonds is 6. The van der Waals surface area contributed by atoms with Gasteiger partial charge < -0.3 is 14.8 Å². The fourth-order valence-corrected chi connectivity index (χ4v) is 2.66. The van der Waals surface area contributed by atoms with Crippen molar-refractivity contribution < 1.29 is 5.11 Å². The lowest BCUT2D eigenvalue weighted by molar-refractivity contribution is 0.171. The van der Waals surface area contributed by atoms with Crippen molar-refractivity contribution in [1.29, 1.82) is 0 Å². The summed E-state index contributed by atoms with van der Waals surface area (Å²) in [6.07, 6.45) is 4.19. The van der Waals surface area contributed by atoms with Gasteiger partial charge >= 0.3 is 0 Å². The largest absolute Gasteiger partial charge is 0.391 e. The van der Waals surface area contributed by atoms with Crippen LogP contribution in [0, 0.1) is 6.92 Å². The molecule has 4 nitrogen and oxygen atoms in total. The first-order valence-corrected chi connectivity index (χ1v) is 7.58. The van der Waals surface area contributed by atoms with Gasteiger partial charge in [0, 0.05) is 19.3 Å². The number of aryl methyl sites for hydroxylation is 1. The molecule has 0 saturated heterocycles. The zero-order valence-corrected chi connectivity index (χ0v) is 12.7. The second-order valence-corrected chi connectivity index (χ2v) is 5.61. The lowest BCUT2D eigenvalue weighted by Gasteiger charge is -2.12. The lowest BCUT2D eigenvalue weighted by atomic mass is 10.1. The van der Waals surface area contributed by atoms with E-state index >= 15 is 0 Å². The van der Waals surface area contributed by atoms with Crippen LogP contribution in [0.15, 0.2) is 54.9 Å². The van der Waals surface area contributed by atoms with Crippen molar-refractivity contribution in [3.63, 3.8) is 0 Å². The number of fused-ring (bicyclic) bond motifs is 1. The maximum atomic E-state index is 10.1. The number of hydrogen-bond acceptors (Lipinski definition) is 3. The number of nitrogens with one attached hydrogen (secondary N) is 1. The molecule has 114 valence electrons. The van der Waals surface area contributed by atoms with Gasteiger partial charge in [0.2, 0.25) is 0 Å². The normalized spacial score (nSPS) is 12.6. The monoisotopic (exact) mass is 295 g/mol. The molecule has 0 saturated carbocycles. The van der Waals surface area contributed by atoms with E-state index in [-0.39, 0.29) is 6.10 Å². The second kappa shape index (κ2) is 6.73. The van der Waals surface area contributed by atoms with Crippen LogP contribution in [0.2, 0.25) is 0 Å². The Morgan fingerprint density at radius 2 is 2.00 bits per heavy atom. The summed E-state index contributed by atoms with van der Waals surface area (Å²) < 4.78 is 2.09. The Balaban J connectivity index is 1.55. The Morgan fingerprint density at radius 3 is 2.82 bits per heavy atom. The molecule has 2 aromatic heterocycles. The Bertz CT molecular complexity index is 736. The molecule has 0 aliphatic carbocycles. The topological polar surface area (TPSA) is 49.6 Å². The molecule has 22 heavy (non-hydrogen) atoms. The fourth-order valence-electron chi connectivity index (χ4n) is 2.66. The molecule has 2 heterocycles. The van der Waals surface area contributed by atoms with Gasteiger partial charge in [-0.1, -0.05) is 36.4 Å². The van der Waals surface area contributed by atoms with E-state index in [1.54, 1.807) is 0 Å². The van der Waals surface area contributed by atoms with E-state index in [9.17, 15) is 5.11 Å². The van der Waals surface area contributed by atoms with Crippen LogP contribution < -0.4 is 5.32 Å². The zero-order valence-electron chi connectivity index (χ0n) is 12.7. The third-order valence-electron chi connectivity index (χ3n) is 3.81. The quantitative estimate of drug-likeness (QED) is 0.734. The minimum atomic E-state index is -0.386. The van der Waals surface area contributed by atoms with E-state index in [0.717, 1.165) is 22.5 Å². The number of pyridine rings is 1. The summed E-state index contributed by atoms with van der Waals surface area (Å²) in [4.78, 5) is 4.44. The summed E-state index contributed by atoms with van der Waals surface area (Å²) in [5.74, 6) is 0. The zero-order chi connectivity index (χ0) is 15.4. The van der Waals surface area contributed by atoms with E-state index in [4.69, 9.17) is 0 Å². The van der Waals surface area contributed by atoms with Crippen LogP contribution in [0.4, 0.5) is 0 Å².